The monoisotopic (exact) mass is 640 g/mol. The normalized spacial score (nSPS) is 11.9. The molecule has 1 aliphatic rings. The molecule has 2 heterocycles. The Bertz CT molecular complexity index is 2730. The zero-order valence-electron chi connectivity index (χ0n) is 26.9. The van der Waals surface area contributed by atoms with Crippen molar-refractivity contribution in [1.82, 2.24) is 9.97 Å². The van der Waals surface area contributed by atoms with Crippen molar-refractivity contribution in [3.05, 3.63) is 170 Å². The van der Waals surface area contributed by atoms with Gasteiger partial charge in [-0.2, -0.15) is 0 Å². The molecule has 0 atom stereocenters. The zero-order valence-corrected chi connectivity index (χ0v) is 26.9. The molecular weight excluding hydrogens is 613 g/mol. The fraction of sp³-hybridized carbons (Fsp3) is 0. The first kappa shape index (κ1) is 28.3. The van der Waals surface area contributed by atoms with Gasteiger partial charge in [-0.15, -0.1) is 0 Å². The molecule has 4 heteroatoms. The zero-order chi connectivity index (χ0) is 33.0. The Morgan fingerprint density at radius 2 is 0.780 bits per heavy atom. The van der Waals surface area contributed by atoms with Crippen molar-refractivity contribution in [2.45, 2.75) is 0 Å². The fourth-order valence-corrected chi connectivity index (χ4v) is 7.27. The SMILES string of the molecule is c1cc(-c2ccc(-c3ccc4c5ccccc5c5ccccc5c4c3)cc2)cc(-c2cccc(-c3cccc4c3Oc3nccnc3O4)c2)c1. The predicted octanol–water partition coefficient (Wildman–Crippen LogP) is 12.5. The Morgan fingerprint density at radius 1 is 0.320 bits per heavy atom. The van der Waals surface area contributed by atoms with Crippen molar-refractivity contribution in [2.24, 2.45) is 0 Å². The van der Waals surface area contributed by atoms with E-state index >= 15 is 0 Å². The van der Waals surface area contributed by atoms with Gasteiger partial charge in [0.15, 0.2) is 11.5 Å². The Kier molecular flexibility index (Phi) is 6.46. The van der Waals surface area contributed by atoms with Gasteiger partial charge in [-0.05, 0) is 95.5 Å². The quantitative estimate of drug-likeness (QED) is 0.180. The van der Waals surface area contributed by atoms with Crippen LogP contribution in [0.2, 0.25) is 0 Å². The lowest BCUT2D eigenvalue weighted by Gasteiger charge is -2.21. The number of benzene rings is 8. The molecule has 0 N–H and O–H groups in total. The van der Waals surface area contributed by atoms with Crippen LogP contribution < -0.4 is 9.47 Å². The molecular formula is C46H28N2O2. The van der Waals surface area contributed by atoms with Gasteiger partial charge in [-0.25, -0.2) is 9.97 Å². The van der Waals surface area contributed by atoms with Crippen LogP contribution in [0.5, 0.6) is 23.3 Å². The summed E-state index contributed by atoms with van der Waals surface area (Å²) in [6.07, 6.45) is 3.19. The summed E-state index contributed by atoms with van der Waals surface area (Å²) in [7, 11) is 0. The Hall–Kier alpha value is -6.78. The van der Waals surface area contributed by atoms with Crippen molar-refractivity contribution < 1.29 is 9.47 Å². The molecule has 0 unspecified atom stereocenters. The van der Waals surface area contributed by atoms with Crippen LogP contribution in [0, 0.1) is 0 Å². The van der Waals surface area contributed by atoms with E-state index in [0.29, 0.717) is 23.3 Å². The van der Waals surface area contributed by atoms with Crippen molar-refractivity contribution in [1.29, 1.82) is 0 Å². The third-order valence-electron chi connectivity index (χ3n) is 9.68. The molecule has 0 aliphatic carbocycles. The van der Waals surface area contributed by atoms with Gasteiger partial charge < -0.3 is 9.47 Å². The minimum atomic E-state index is 0.366. The number of hydrogen-bond donors (Lipinski definition) is 0. The molecule has 0 saturated carbocycles. The van der Waals surface area contributed by atoms with E-state index in [1.54, 1.807) is 12.4 Å². The summed E-state index contributed by atoms with van der Waals surface area (Å²) < 4.78 is 12.2. The molecule has 234 valence electrons. The number of hydrogen-bond acceptors (Lipinski definition) is 4. The lowest BCUT2D eigenvalue weighted by atomic mass is 9.91. The molecule has 4 nitrogen and oxygen atoms in total. The van der Waals surface area contributed by atoms with Crippen LogP contribution in [0.1, 0.15) is 0 Å². The fourth-order valence-electron chi connectivity index (χ4n) is 7.27. The minimum Gasteiger partial charge on any atom is -0.431 e. The molecule has 8 aromatic carbocycles. The summed E-state index contributed by atoms with van der Waals surface area (Å²) in [5.74, 6) is 2.00. The van der Waals surface area contributed by atoms with Crippen LogP contribution in [0.3, 0.4) is 0 Å². The maximum atomic E-state index is 6.19. The highest BCUT2D eigenvalue weighted by Crippen LogP contribution is 2.48. The summed E-state index contributed by atoms with van der Waals surface area (Å²) in [6, 6.07) is 56.4. The molecule has 10 rings (SSSR count). The number of para-hydroxylation sites is 1. The van der Waals surface area contributed by atoms with Crippen molar-refractivity contribution in [3.63, 3.8) is 0 Å². The molecule has 9 aromatic rings. The highest BCUT2D eigenvalue weighted by molar-refractivity contribution is 6.25. The lowest BCUT2D eigenvalue weighted by molar-refractivity contribution is 0.337. The molecule has 0 fully saturated rings. The lowest BCUT2D eigenvalue weighted by Crippen LogP contribution is -2.03. The van der Waals surface area contributed by atoms with E-state index in [1.165, 1.54) is 54.6 Å². The summed E-state index contributed by atoms with van der Waals surface area (Å²) in [5, 5.41) is 7.73. The molecule has 0 spiro atoms. The molecule has 0 bridgehead atoms. The number of ether oxygens (including phenoxy) is 2. The Labute approximate surface area is 288 Å². The Balaban J connectivity index is 0.972. The third-order valence-corrected chi connectivity index (χ3v) is 9.68. The van der Waals surface area contributed by atoms with Crippen LogP contribution >= 0.6 is 0 Å². The van der Waals surface area contributed by atoms with E-state index in [4.69, 9.17) is 9.47 Å². The minimum absolute atomic E-state index is 0.366. The van der Waals surface area contributed by atoms with Crippen LogP contribution in [-0.2, 0) is 0 Å². The van der Waals surface area contributed by atoms with Crippen LogP contribution in [0.4, 0.5) is 0 Å². The summed E-state index contributed by atoms with van der Waals surface area (Å²) in [4.78, 5) is 8.55. The smallest absolute Gasteiger partial charge is 0.284 e. The van der Waals surface area contributed by atoms with E-state index in [1.807, 2.05) is 18.2 Å². The second-order valence-electron chi connectivity index (χ2n) is 12.6. The highest BCUT2D eigenvalue weighted by atomic mass is 16.6. The van der Waals surface area contributed by atoms with Crippen molar-refractivity contribution >= 4 is 32.3 Å². The predicted molar refractivity (Wildman–Crippen MR) is 203 cm³/mol. The average Bonchev–Trinajstić information content (AvgIpc) is 3.20. The molecule has 1 aromatic heterocycles. The van der Waals surface area contributed by atoms with Gasteiger partial charge in [0.2, 0.25) is 0 Å². The molecule has 0 amide bonds. The third kappa shape index (κ3) is 4.69. The van der Waals surface area contributed by atoms with Crippen LogP contribution in [-0.4, -0.2) is 9.97 Å². The van der Waals surface area contributed by atoms with Gasteiger partial charge in [0, 0.05) is 18.0 Å². The largest absolute Gasteiger partial charge is 0.431 e. The van der Waals surface area contributed by atoms with Crippen LogP contribution in [0.25, 0.3) is 76.8 Å². The summed E-state index contributed by atoms with van der Waals surface area (Å²) in [5.41, 5.74) is 8.96. The second-order valence-corrected chi connectivity index (χ2v) is 12.6. The molecule has 50 heavy (non-hydrogen) atoms. The number of nitrogens with zero attached hydrogens (tertiary/aromatic N) is 2. The van der Waals surface area contributed by atoms with Crippen LogP contribution in [0.15, 0.2) is 170 Å². The van der Waals surface area contributed by atoms with Gasteiger partial charge in [-0.1, -0.05) is 133 Å². The highest BCUT2D eigenvalue weighted by Gasteiger charge is 2.24. The maximum Gasteiger partial charge on any atom is 0.284 e. The van der Waals surface area contributed by atoms with Crippen molar-refractivity contribution in [2.75, 3.05) is 0 Å². The summed E-state index contributed by atoms with van der Waals surface area (Å²) >= 11 is 0. The first-order chi connectivity index (χ1) is 24.8. The first-order valence-corrected chi connectivity index (χ1v) is 16.7. The first-order valence-electron chi connectivity index (χ1n) is 16.7. The van der Waals surface area contributed by atoms with E-state index in [9.17, 15) is 0 Å². The van der Waals surface area contributed by atoms with E-state index < -0.39 is 0 Å². The second kappa shape index (κ2) is 11.4. The molecule has 0 radical (unpaired) electrons. The van der Waals surface area contributed by atoms with E-state index in [-0.39, 0.29) is 0 Å². The van der Waals surface area contributed by atoms with Gasteiger partial charge in [-0.3, -0.25) is 0 Å². The van der Waals surface area contributed by atoms with Gasteiger partial charge in [0.05, 0.1) is 0 Å². The van der Waals surface area contributed by atoms with Gasteiger partial charge in [0.1, 0.15) is 0 Å². The average molecular weight is 641 g/mol. The Morgan fingerprint density at radius 3 is 1.42 bits per heavy atom. The van der Waals surface area contributed by atoms with Crippen molar-refractivity contribution in [3.8, 4) is 67.8 Å². The van der Waals surface area contributed by atoms with Gasteiger partial charge >= 0.3 is 0 Å². The number of fused-ring (bicyclic) bond motifs is 8. The van der Waals surface area contributed by atoms with E-state index in [0.717, 1.165) is 22.3 Å². The van der Waals surface area contributed by atoms with Gasteiger partial charge in [0.25, 0.3) is 11.8 Å². The maximum absolute atomic E-state index is 6.19. The topological polar surface area (TPSA) is 44.2 Å². The summed E-state index contributed by atoms with van der Waals surface area (Å²) in [6.45, 7) is 0. The number of aromatic nitrogens is 2. The molecule has 0 saturated heterocycles. The molecule has 1 aliphatic heterocycles. The number of rotatable bonds is 4. The van der Waals surface area contributed by atoms with E-state index in [2.05, 4.69) is 149 Å². The standard InChI is InChI=1S/C46H28N2O2/c1-2-14-39-37(12-1)38-13-3-4-15-40(38)42-28-34(22-23-41(39)42)30-20-18-29(19-21-30)31-8-5-9-32(26-31)33-10-6-11-35(27-33)36-16-7-17-43-44(36)50-46-45(49-43)47-24-25-48-46/h1-28H.